The Bertz CT molecular complexity index is 900. The van der Waals surface area contributed by atoms with Crippen molar-refractivity contribution in [3.63, 3.8) is 0 Å². The Morgan fingerprint density at radius 2 is 1.57 bits per heavy atom. The van der Waals surface area contributed by atoms with Crippen LogP contribution in [0.4, 0.5) is 0 Å². The van der Waals surface area contributed by atoms with E-state index in [1.54, 1.807) is 37.3 Å². The molecule has 5 nitrogen and oxygen atoms in total. The molecule has 0 radical (unpaired) electrons. The van der Waals surface area contributed by atoms with Gasteiger partial charge in [0.1, 0.15) is 0 Å². The van der Waals surface area contributed by atoms with Crippen molar-refractivity contribution in [2.75, 3.05) is 0 Å². The van der Waals surface area contributed by atoms with E-state index in [-0.39, 0.29) is 10.5 Å². The molecule has 1 aliphatic rings. The molecule has 3 rings (SSSR count). The van der Waals surface area contributed by atoms with Crippen molar-refractivity contribution in [1.82, 2.24) is 4.31 Å². The second-order valence-corrected chi connectivity index (χ2v) is 7.32. The normalized spacial score (nSPS) is 18.0. The fraction of sp³-hybridized carbons (Fsp3) is 0.176. The van der Waals surface area contributed by atoms with Gasteiger partial charge in [-0.2, -0.15) is 4.31 Å². The average molecular weight is 329 g/mol. The van der Waals surface area contributed by atoms with E-state index in [1.165, 1.54) is 18.2 Å². The molecule has 0 aromatic heterocycles. The molecule has 1 heterocycles. The van der Waals surface area contributed by atoms with Crippen LogP contribution in [0.5, 0.6) is 0 Å². The fourth-order valence-electron chi connectivity index (χ4n) is 2.63. The number of benzene rings is 2. The molecule has 0 N–H and O–H groups in total. The molecule has 0 saturated heterocycles. The number of fused-ring (bicyclic) bond motifs is 1. The number of amides is 2. The number of imide groups is 1. The van der Waals surface area contributed by atoms with Gasteiger partial charge in [-0.1, -0.05) is 35.9 Å². The zero-order valence-electron chi connectivity index (χ0n) is 12.7. The minimum Gasteiger partial charge on any atom is -0.273 e. The maximum Gasteiger partial charge on any atom is 0.274 e. The van der Waals surface area contributed by atoms with Crippen molar-refractivity contribution in [1.29, 1.82) is 0 Å². The molecule has 1 unspecified atom stereocenters. The fourth-order valence-corrected chi connectivity index (χ4v) is 4.03. The van der Waals surface area contributed by atoms with Gasteiger partial charge in [-0.25, -0.2) is 8.42 Å². The molecule has 1 aliphatic heterocycles. The summed E-state index contributed by atoms with van der Waals surface area (Å²) >= 11 is 0. The van der Waals surface area contributed by atoms with Gasteiger partial charge in [-0.05, 0) is 37.6 Å². The first-order valence-electron chi connectivity index (χ1n) is 7.13. The third-order valence-corrected chi connectivity index (χ3v) is 5.67. The molecule has 0 fully saturated rings. The Labute approximate surface area is 134 Å². The number of carbonyl (C=O) groups excluding carboxylic acids is 2. The lowest BCUT2D eigenvalue weighted by Gasteiger charge is -2.30. The molecule has 6 heteroatoms. The summed E-state index contributed by atoms with van der Waals surface area (Å²) in [6.07, 6.45) is 0. The quantitative estimate of drug-likeness (QED) is 0.794. The molecule has 2 aromatic carbocycles. The summed E-state index contributed by atoms with van der Waals surface area (Å²) in [5, 5.41) is 0. The third-order valence-electron chi connectivity index (χ3n) is 3.97. The van der Waals surface area contributed by atoms with Gasteiger partial charge in [0.2, 0.25) is 0 Å². The van der Waals surface area contributed by atoms with Gasteiger partial charge >= 0.3 is 0 Å². The van der Waals surface area contributed by atoms with Crippen LogP contribution in [0.3, 0.4) is 0 Å². The number of nitrogens with zero attached hydrogens (tertiary/aromatic N) is 1. The first-order chi connectivity index (χ1) is 10.8. The van der Waals surface area contributed by atoms with Crippen LogP contribution in [0, 0.1) is 6.92 Å². The number of carbonyl (C=O) groups is 2. The minimum atomic E-state index is -4.22. The average Bonchev–Trinajstić information content (AvgIpc) is 2.53. The summed E-state index contributed by atoms with van der Waals surface area (Å²) in [6, 6.07) is 12.6. The van der Waals surface area contributed by atoms with E-state index in [2.05, 4.69) is 0 Å². The topological polar surface area (TPSA) is 71.5 Å². The lowest BCUT2D eigenvalue weighted by atomic mass is 9.91. The van der Waals surface area contributed by atoms with E-state index in [1.807, 2.05) is 6.92 Å². The highest BCUT2D eigenvalue weighted by atomic mass is 32.2. The molecule has 23 heavy (non-hydrogen) atoms. The van der Waals surface area contributed by atoms with Crippen molar-refractivity contribution in [2.45, 2.75) is 24.7 Å². The summed E-state index contributed by atoms with van der Waals surface area (Å²) in [5.41, 5.74) is 1.69. The first kappa shape index (κ1) is 15.4. The Morgan fingerprint density at radius 3 is 2.22 bits per heavy atom. The van der Waals surface area contributed by atoms with E-state index >= 15 is 0 Å². The maximum atomic E-state index is 12.8. The zero-order valence-corrected chi connectivity index (χ0v) is 13.5. The monoisotopic (exact) mass is 329 g/mol. The van der Waals surface area contributed by atoms with Gasteiger partial charge in [-0.15, -0.1) is 0 Å². The van der Waals surface area contributed by atoms with Crippen LogP contribution in [0.15, 0.2) is 53.4 Å². The summed E-state index contributed by atoms with van der Waals surface area (Å²) in [4.78, 5) is 25.0. The third kappa shape index (κ3) is 2.35. The highest BCUT2D eigenvalue weighted by molar-refractivity contribution is 7.90. The highest BCUT2D eigenvalue weighted by Crippen LogP contribution is 2.32. The van der Waals surface area contributed by atoms with Gasteiger partial charge in [0.15, 0.2) is 0 Å². The van der Waals surface area contributed by atoms with E-state index in [0.717, 1.165) is 5.56 Å². The van der Waals surface area contributed by atoms with Crippen LogP contribution in [-0.4, -0.2) is 24.5 Å². The van der Waals surface area contributed by atoms with Crippen LogP contribution in [0.1, 0.15) is 34.3 Å². The van der Waals surface area contributed by atoms with Crippen LogP contribution in [0.25, 0.3) is 0 Å². The number of hydrogen-bond acceptors (Lipinski definition) is 4. The van der Waals surface area contributed by atoms with Crippen molar-refractivity contribution < 1.29 is 18.0 Å². The van der Waals surface area contributed by atoms with E-state index in [4.69, 9.17) is 0 Å². The standard InChI is InChI=1S/C17H15NO4S/c1-11-7-9-13(10-8-11)23(21,22)18-16(19)12(2)14-5-3-4-6-15(14)17(18)20/h3-10,12H,1-2H3. The molecule has 0 aliphatic carbocycles. The second kappa shape index (κ2) is 5.31. The Hall–Kier alpha value is -2.47. The molecule has 0 spiro atoms. The minimum absolute atomic E-state index is 0.0728. The summed E-state index contributed by atoms with van der Waals surface area (Å²) < 4.78 is 25.9. The summed E-state index contributed by atoms with van der Waals surface area (Å²) in [5.74, 6) is -2.22. The molecule has 2 aromatic rings. The Balaban J connectivity index is 2.15. The molecule has 1 atom stereocenters. The van der Waals surface area contributed by atoms with Gasteiger partial charge < -0.3 is 0 Å². The first-order valence-corrected chi connectivity index (χ1v) is 8.57. The van der Waals surface area contributed by atoms with Crippen molar-refractivity contribution >= 4 is 21.8 Å². The van der Waals surface area contributed by atoms with Crippen molar-refractivity contribution in [3.8, 4) is 0 Å². The summed E-state index contributed by atoms with van der Waals surface area (Å²) in [6.45, 7) is 3.43. The summed E-state index contributed by atoms with van der Waals surface area (Å²) in [7, 11) is -4.22. The maximum absolute atomic E-state index is 12.8. The van der Waals surface area contributed by atoms with E-state index < -0.39 is 27.8 Å². The van der Waals surface area contributed by atoms with Crippen molar-refractivity contribution in [3.05, 3.63) is 65.2 Å². The Kier molecular flexibility index (Phi) is 3.56. The molecular formula is C17H15NO4S. The lowest BCUT2D eigenvalue weighted by molar-refractivity contribution is -0.126. The Morgan fingerprint density at radius 1 is 0.957 bits per heavy atom. The van der Waals surface area contributed by atoms with Crippen LogP contribution in [-0.2, 0) is 14.8 Å². The smallest absolute Gasteiger partial charge is 0.273 e. The van der Waals surface area contributed by atoms with Gasteiger partial charge in [0.25, 0.3) is 21.8 Å². The molecule has 0 saturated carbocycles. The number of rotatable bonds is 2. The predicted molar refractivity (Wildman–Crippen MR) is 84.4 cm³/mol. The molecule has 0 bridgehead atoms. The van der Waals surface area contributed by atoms with Gasteiger partial charge in [0.05, 0.1) is 10.8 Å². The predicted octanol–water partition coefficient (Wildman–Crippen LogP) is 2.47. The largest absolute Gasteiger partial charge is 0.274 e. The van der Waals surface area contributed by atoms with E-state index in [9.17, 15) is 18.0 Å². The molecule has 118 valence electrons. The van der Waals surface area contributed by atoms with Crippen LogP contribution >= 0.6 is 0 Å². The van der Waals surface area contributed by atoms with Gasteiger partial charge in [0, 0.05) is 5.56 Å². The van der Waals surface area contributed by atoms with Crippen LogP contribution in [0.2, 0.25) is 0 Å². The highest BCUT2D eigenvalue weighted by Gasteiger charge is 2.43. The van der Waals surface area contributed by atoms with Gasteiger partial charge in [-0.3, -0.25) is 9.59 Å². The zero-order chi connectivity index (χ0) is 16.8. The van der Waals surface area contributed by atoms with E-state index in [0.29, 0.717) is 9.87 Å². The number of hydrogen-bond donors (Lipinski definition) is 0. The van der Waals surface area contributed by atoms with Crippen LogP contribution < -0.4 is 0 Å². The van der Waals surface area contributed by atoms with Crippen molar-refractivity contribution in [2.24, 2.45) is 0 Å². The second-order valence-electron chi connectivity index (χ2n) is 5.53. The lowest BCUT2D eigenvalue weighted by Crippen LogP contribution is -2.47. The molecule has 2 amide bonds. The number of aryl methyl sites for hydroxylation is 1. The number of sulfonamides is 1. The SMILES string of the molecule is Cc1ccc(S(=O)(=O)N2C(=O)c3ccccc3C(C)C2=O)cc1. The molecular weight excluding hydrogens is 314 g/mol.